The molecular weight excluding hydrogens is 270 g/mol. The highest BCUT2D eigenvalue weighted by Gasteiger charge is 2.19. The van der Waals surface area contributed by atoms with Crippen LogP contribution in [-0.4, -0.2) is 36.1 Å². The molecule has 0 aliphatic heterocycles. The lowest BCUT2D eigenvalue weighted by molar-refractivity contribution is 0.101. The molecule has 0 bridgehead atoms. The summed E-state index contributed by atoms with van der Waals surface area (Å²) >= 11 is 0. The van der Waals surface area contributed by atoms with E-state index in [1.807, 2.05) is 0 Å². The highest BCUT2D eigenvalue weighted by Crippen LogP contribution is 2.14. The number of aromatic nitrogens is 3. The Kier molecular flexibility index (Phi) is 3.40. The van der Waals surface area contributed by atoms with E-state index in [9.17, 15) is 13.2 Å². The van der Waals surface area contributed by atoms with Crippen LogP contribution in [0.5, 0.6) is 0 Å². The van der Waals surface area contributed by atoms with E-state index in [-0.39, 0.29) is 10.6 Å². The summed E-state index contributed by atoms with van der Waals surface area (Å²) in [5.74, 6) is 0.00790. The number of aryl methyl sites for hydroxylation is 1. The van der Waals surface area contributed by atoms with E-state index in [1.54, 1.807) is 13.1 Å². The average Bonchev–Trinajstić information content (AvgIpc) is 2.98. The molecule has 1 amide bonds. The number of sulfonamides is 1. The second kappa shape index (κ2) is 4.86. The molecule has 0 atom stereocenters. The fraction of sp³-hybridized carbons (Fsp3) is 0.200. The van der Waals surface area contributed by atoms with Gasteiger partial charge in [0.15, 0.2) is 0 Å². The number of amides is 1. The van der Waals surface area contributed by atoms with E-state index in [0.29, 0.717) is 5.82 Å². The van der Waals surface area contributed by atoms with Gasteiger partial charge in [0, 0.05) is 19.3 Å². The summed E-state index contributed by atoms with van der Waals surface area (Å²) < 4.78 is 26.9. The predicted octanol–water partition coefficient (Wildman–Crippen LogP) is -0.0914. The lowest BCUT2D eigenvalue weighted by Gasteiger charge is -2.02. The number of hydrogen-bond donors (Lipinski definition) is 3. The van der Waals surface area contributed by atoms with Crippen LogP contribution in [-0.2, 0) is 17.1 Å². The van der Waals surface area contributed by atoms with Gasteiger partial charge < -0.3 is 9.88 Å². The largest absolute Gasteiger partial charge is 0.345 e. The van der Waals surface area contributed by atoms with Crippen LogP contribution in [0.25, 0.3) is 0 Å². The van der Waals surface area contributed by atoms with E-state index in [4.69, 9.17) is 0 Å². The van der Waals surface area contributed by atoms with Gasteiger partial charge in [0.05, 0.1) is 6.20 Å². The number of aromatic amines is 1. The number of H-pyrrole nitrogens is 1. The normalized spacial score (nSPS) is 11.5. The third-order valence-electron chi connectivity index (χ3n) is 2.54. The van der Waals surface area contributed by atoms with Crippen molar-refractivity contribution in [2.24, 2.45) is 7.05 Å². The van der Waals surface area contributed by atoms with Crippen molar-refractivity contribution in [2.45, 2.75) is 4.90 Å². The van der Waals surface area contributed by atoms with Crippen LogP contribution in [0.15, 0.2) is 29.4 Å². The maximum absolute atomic E-state index is 12.0. The first-order valence-corrected chi connectivity index (χ1v) is 6.83. The summed E-state index contributed by atoms with van der Waals surface area (Å²) in [5, 5.41) is 8.85. The van der Waals surface area contributed by atoms with Crippen molar-refractivity contribution in [1.29, 1.82) is 0 Å². The van der Waals surface area contributed by atoms with Crippen molar-refractivity contribution < 1.29 is 13.2 Å². The summed E-state index contributed by atoms with van der Waals surface area (Å²) in [7, 11) is -0.660. The van der Waals surface area contributed by atoms with Crippen LogP contribution in [0.2, 0.25) is 0 Å². The molecule has 0 fully saturated rings. The minimum Gasteiger partial charge on any atom is -0.345 e. The first kappa shape index (κ1) is 13.3. The molecule has 19 heavy (non-hydrogen) atoms. The molecule has 2 aromatic heterocycles. The minimum absolute atomic E-state index is 0.0345. The zero-order valence-corrected chi connectivity index (χ0v) is 11.2. The molecule has 0 saturated carbocycles. The maximum atomic E-state index is 12.0. The third-order valence-corrected chi connectivity index (χ3v) is 3.92. The summed E-state index contributed by atoms with van der Waals surface area (Å²) in [5.41, 5.74) is 0.225. The van der Waals surface area contributed by atoms with Gasteiger partial charge in [-0.25, -0.2) is 13.1 Å². The molecular formula is C10H13N5O3S. The highest BCUT2D eigenvalue weighted by atomic mass is 32.2. The van der Waals surface area contributed by atoms with Gasteiger partial charge in [-0.3, -0.25) is 9.89 Å². The lowest BCUT2D eigenvalue weighted by Crippen LogP contribution is -2.18. The molecule has 0 saturated heterocycles. The summed E-state index contributed by atoms with van der Waals surface area (Å²) in [6, 6.07) is 2.89. The second-order valence-electron chi connectivity index (χ2n) is 3.80. The van der Waals surface area contributed by atoms with Crippen molar-refractivity contribution in [2.75, 3.05) is 12.4 Å². The SMILES string of the molecule is CNS(=O)(=O)c1cc(C(=O)Nc2ccn[nH]2)n(C)c1. The van der Waals surface area contributed by atoms with E-state index in [2.05, 4.69) is 20.2 Å². The Morgan fingerprint density at radius 1 is 1.47 bits per heavy atom. The molecule has 0 spiro atoms. The summed E-state index contributed by atoms with van der Waals surface area (Å²) in [4.78, 5) is 12.0. The Morgan fingerprint density at radius 3 is 2.79 bits per heavy atom. The van der Waals surface area contributed by atoms with Gasteiger partial charge in [-0.2, -0.15) is 5.10 Å². The first-order valence-electron chi connectivity index (χ1n) is 5.34. The van der Waals surface area contributed by atoms with Crippen molar-refractivity contribution in [3.05, 3.63) is 30.2 Å². The zero-order chi connectivity index (χ0) is 14.0. The van der Waals surface area contributed by atoms with Crippen LogP contribution in [0, 0.1) is 0 Å². The zero-order valence-electron chi connectivity index (χ0n) is 10.3. The van der Waals surface area contributed by atoms with E-state index in [1.165, 1.54) is 30.1 Å². The Morgan fingerprint density at radius 2 is 2.21 bits per heavy atom. The third kappa shape index (κ3) is 2.66. The van der Waals surface area contributed by atoms with Crippen molar-refractivity contribution in [3.63, 3.8) is 0 Å². The topological polar surface area (TPSA) is 109 Å². The Labute approximate surface area is 109 Å². The molecule has 0 unspecified atom stereocenters. The van der Waals surface area contributed by atoms with Gasteiger partial charge in [-0.05, 0) is 13.1 Å². The molecule has 0 aliphatic carbocycles. The highest BCUT2D eigenvalue weighted by molar-refractivity contribution is 7.89. The van der Waals surface area contributed by atoms with Crippen LogP contribution in [0.1, 0.15) is 10.5 Å². The molecule has 0 aliphatic rings. The molecule has 2 aromatic rings. The van der Waals surface area contributed by atoms with E-state index < -0.39 is 15.9 Å². The van der Waals surface area contributed by atoms with Crippen molar-refractivity contribution in [1.82, 2.24) is 19.5 Å². The molecule has 8 nitrogen and oxygen atoms in total. The monoisotopic (exact) mass is 283 g/mol. The maximum Gasteiger partial charge on any atom is 0.273 e. The van der Waals surface area contributed by atoms with Gasteiger partial charge in [-0.15, -0.1) is 0 Å². The summed E-state index contributed by atoms with van der Waals surface area (Å²) in [6.07, 6.45) is 2.87. The Hall–Kier alpha value is -2.13. The van der Waals surface area contributed by atoms with Crippen LogP contribution >= 0.6 is 0 Å². The smallest absolute Gasteiger partial charge is 0.273 e. The van der Waals surface area contributed by atoms with Gasteiger partial charge in [-0.1, -0.05) is 0 Å². The summed E-state index contributed by atoms with van der Waals surface area (Å²) in [6.45, 7) is 0. The van der Waals surface area contributed by atoms with Gasteiger partial charge in [0.1, 0.15) is 16.4 Å². The van der Waals surface area contributed by atoms with Gasteiger partial charge in [0.25, 0.3) is 5.91 Å². The van der Waals surface area contributed by atoms with Crippen molar-refractivity contribution >= 4 is 21.7 Å². The average molecular weight is 283 g/mol. The van der Waals surface area contributed by atoms with Crippen LogP contribution in [0.4, 0.5) is 5.82 Å². The predicted molar refractivity (Wildman–Crippen MR) is 68.2 cm³/mol. The lowest BCUT2D eigenvalue weighted by atomic mass is 10.4. The van der Waals surface area contributed by atoms with E-state index >= 15 is 0 Å². The Balaban J connectivity index is 2.29. The number of nitrogens with one attached hydrogen (secondary N) is 3. The number of hydrogen-bond acceptors (Lipinski definition) is 4. The molecule has 102 valence electrons. The molecule has 3 N–H and O–H groups in total. The number of carbonyl (C=O) groups excluding carboxylic acids is 1. The number of carbonyl (C=O) groups is 1. The van der Waals surface area contributed by atoms with Gasteiger partial charge in [0.2, 0.25) is 10.0 Å². The van der Waals surface area contributed by atoms with Gasteiger partial charge >= 0.3 is 0 Å². The molecule has 9 heteroatoms. The minimum atomic E-state index is -3.57. The van der Waals surface area contributed by atoms with Crippen LogP contribution in [0.3, 0.4) is 0 Å². The molecule has 2 rings (SSSR count). The second-order valence-corrected chi connectivity index (χ2v) is 5.69. The molecule has 0 aromatic carbocycles. The first-order chi connectivity index (χ1) is 8.94. The molecule has 2 heterocycles. The standard InChI is InChI=1S/C10H13N5O3S/c1-11-19(17,18)7-5-8(15(2)6-7)10(16)13-9-3-4-12-14-9/h3-6,11H,1-2H3,(H2,12,13,14,16). The Bertz CT molecular complexity index is 687. The van der Waals surface area contributed by atoms with Crippen molar-refractivity contribution in [3.8, 4) is 0 Å². The van der Waals surface area contributed by atoms with Crippen LogP contribution < -0.4 is 10.0 Å². The molecule has 0 radical (unpaired) electrons. The number of rotatable bonds is 4. The van der Waals surface area contributed by atoms with E-state index in [0.717, 1.165) is 0 Å². The number of anilines is 1. The quantitative estimate of drug-likeness (QED) is 0.728. The number of nitrogens with zero attached hydrogens (tertiary/aromatic N) is 2. The fourth-order valence-corrected chi connectivity index (χ4v) is 2.34. The fourth-order valence-electron chi connectivity index (χ4n) is 1.54.